The van der Waals surface area contributed by atoms with E-state index in [9.17, 15) is 4.79 Å². The van der Waals surface area contributed by atoms with Gasteiger partial charge in [0, 0.05) is 26.7 Å². The van der Waals surface area contributed by atoms with Crippen LogP contribution in [0.1, 0.15) is 46.6 Å². The van der Waals surface area contributed by atoms with E-state index >= 15 is 0 Å². The molecule has 0 aromatic heterocycles. The highest BCUT2D eigenvalue weighted by Crippen LogP contribution is 2.13. The van der Waals surface area contributed by atoms with E-state index in [1.165, 1.54) is 5.56 Å². The van der Waals surface area contributed by atoms with E-state index in [1.54, 1.807) is 7.05 Å². The summed E-state index contributed by atoms with van der Waals surface area (Å²) in [6.07, 6.45) is 1.46. The number of alkyl carbamates (subject to hydrolysis) is 1. The van der Waals surface area contributed by atoms with Crippen molar-refractivity contribution in [3.63, 3.8) is 0 Å². The van der Waals surface area contributed by atoms with Crippen LogP contribution in [0.5, 0.6) is 5.75 Å². The Bertz CT molecular complexity index is 607. The third kappa shape index (κ3) is 11.3. The number of nitrogens with zero attached hydrogens (tertiary/aromatic N) is 1. The monoisotopic (exact) mass is 392 g/mol. The Morgan fingerprint density at radius 3 is 2.21 bits per heavy atom. The molecule has 0 aliphatic rings. The normalized spacial score (nSPS) is 11.9. The molecule has 0 saturated heterocycles. The van der Waals surface area contributed by atoms with Gasteiger partial charge in [0.2, 0.25) is 0 Å². The van der Waals surface area contributed by atoms with Crippen molar-refractivity contribution in [1.82, 2.24) is 16.0 Å². The first-order valence-corrected chi connectivity index (χ1v) is 9.86. The van der Waals surface area contributed by atoms with Gasteiger partial charge in [-0.25, -0.2) is 4.79 Å². The molecule has 1 aromatic carbocycles. The molecule has 0 bridgehead atoms. The predicted octanol–water partition coefficient (Wildman–Crippen LogP) is 3.10. The fourth-order valence-corrected chi connectivity index (χ4v) is 2.35. The largest absolute Gasteiger partial charge is 0.491 e. The average Bonchev–Trinajstić information content (AvgIpc) is 2.59. The topological polar surface area (TPSA) is 84.0 Å². The Labute approximate surface area is 169 Å². The minimum atomic E-state index is -0.476. The van der Waals surface area contributed by atoms with Gasteiger partial charge in [0.15, 0.2) is 5.96 Å². The Hall–Kier alpha value is -2.44. The molecule has 1 amide bonds. The van der Waals surface area contributed by atoms with Crippen molar-refractivity contribution in [3.05, 3.63) is 29.8 Å². The molecule has 0 atom stereocenters. The van der Waals surface area contributed by atoms with Gasteiger partial charge in [-0.15, -0.1) is 0 Å². The molecule has 0 spiro atoms. The highest BCUT2D eigenvalue weighted by molar-refractivity contribution is 5.79. The van der Waals surface area contributed by atoms with Gasteiger partial charge >= 0.3 is 6.09 Å². The molecular weight excluding hydrogens is 356 g/mol. The Morgan fingerprint density at radius 1 is 1.04 bits per heavy atom. The molecule has 0 radical (unpaired) electrons. The molecule has 0 saturated carbocycles. The summed E-state index contributed by atoms with van der Waals surface area (Å²) in [5, 5.41) is 9.27. The number of benzene rings is 1. The number of amides is 1. The second kappa shape index (κ2) is 12.1. The highest BCUT2D eigenvalue weighted by atomic mass is 16.6. The standard InChI is InChI=1S/C21H36N4O3/c1-16(2)27-18-10-8-17(9-11-18)12-15-24-19(22-6)23-13-7-14-25-20(26)28-21(3,4)5/h8-11,16H,7,12-15H2,1-6H3,(H,25,26)(H2,22,23,24). The van der Waals surface area contributed by atoms with Gasteiger partial charge < -0.3 is 25.4 Å². The molecule has 7 heteroatoms. The fourth-order valence-electron chi connectivity index (χ4n) is 2.35. The summed E-state index contributed by atoms with van der Waals surface area (Å²) < 4.78 is 10.8. The zero-order chi connectivity index (χ0) is 21.0. The van der Waals surface area contributed by atoms with Crippen LogP contribution in [0.25, 0.3) is 0 Å². The number of ether oxygens (including phenoxy) is 2. The number of hydrogen-bond acceptors (Lipinski definition) is 4. The van der Waals surface area contributed by atoms with Crippen LogP contribution in [0.4, 0.5) is 4.79 Å². The first-order valence-electron chi connectivity index (χ1n) is 9.86. The number of guanidine groups is 1. The summed E-state index contributed by atoms with van der Waals surface area (Å²) in [7, 11) is 1.74. The number of aliphatic imine (C=N–C) groups is 1. The van der Waals surface area contributed by atoms with Crippen LogP contribution in [-0.4, -0.2) is 50.4 Å². The molecule has 1 aromatic rings. The number of carbonyl (C=O) groups is 1. The SMILES string of the molecule is CN=C(NCCCNC(=O)OC(C)(C)C)NCCc1ccc(OC(C)C)cc1. The van der Waals surface area contributed by atoms with Gasteiger partial charge in [-0.05, 0) is 65.2 Å². The Morgan fingerprint density at radius 2 is 1.64 bits per heavy atom. The van der Waals surface area contributed by atoms with Crippen LogP contribution in [0.3, 0.4) is 0 Å². The van der Waals surface area contributed by atoms with Gasteiger partial charge in [-0.3, -0.25) is 4.99 Å². The van der Waals surface area contributed by atoms with Crippen molar-refractivity contribution < 1.29 is 14.3 Å². The van der Waals surface area contributed by atoms with Crippen LogP contribution in [0, 0.1) is 0 Å². The maximum Gasteiger partial charge on any atom is 0.407 e. The molecule has 3 N–H and O–H groups in total. The lowest BCUT2D eigenvalue weighted by Crippen LogP contribution is -2.40. The van der Waals surface area contributed by atoms with E-state index in [0.717, 1.165) is 31.1 Å². The van der Waals surface area contributed by atoms with E-state index in [0.29, 0.717) is 13.1 Å². The number of rotatable bonds is 9. The molecule has 28 heavy (non-hydrogen) atoms. The van der Waals surface area contributed by atoms with Gasteiger partial charge in [0.1, 0.15) is 11.4 Å². The number of hydrogen-bond donors (Lipinski definition) is 3. The molecule has 0 aliphatic heterocycles. The van der Waals surface area contributed by atoms with E-state index < -0.39 is 5.60 Å². The molecule has 0 heterocycles. The van der Waals surface area contributed by atoms with Gasteiger partial charge in [-0.2, -0.15) is 0 Å². The van der Waals surface area contributed by atoms with Crippen LogP contribution < -0.4 is 20.7 Å². The summed E-state index contributed by atoms with van der Waals surface area (Å²) in [5.41, 5.74) is 0.761. The van der Waals surface area contributed by atoms with Crippen LogP contribution in [0.15, 0.2) is 29.3 Å². The Balaban J connectivity index is 2.19. The molecular formula is C21H36N4O3. The summed E-state index contributed by atoms with van der Waals surface area (Å²) in [6, 6.07) is 8.16. The van der Waals surface area contributed by atoms with Crippen molar-refractivity contribution in [2.24, 2.45) is 4.99 Å². The lowest BCUT2D eigenvalue weighted by Gasteiger charge is -2.19. The van der Waals surface area contributed by atoms with Crippen molar-refractivity contribution in [2.45, 2.75) is 59.2 Å². The van der Waals surface area contributed by atoms with Crippen molar-refractivity contribution in [2.75, 3.05) is 26.7 Å². The summed E-state index contributed by atoms with van der Waals surface area (Å²) in [6.45, 7) is 11.6. The summed E-state index contributed by atoms with van der Waals surface area (Å²) >= 11 is 0. The molecule has 158 valence electrons. The number of nitrogens with one attached hydrogen (secondary N) is 3. The maximum absolute atomic E-state index is 11.6. The average molecular weight is 393 g/mol. The van der Waals surface area contributed by atoms with Gasteiger partial charge in [0.05, 0.1) is 6.10 Å². The Kier molecular flexibility index (Phi) is 10.2. The van der Waals surface area contributed by atoms with Crippen molar-refractivity contribution in [1.29, 1.82) is 0 Å². The fraction of sp³-hybridized carbons (Fsp3) is 0.619. The number of carbonyl (C=O) groups excluding carboxylic acids is 1. The van der Waals surface area contributed by atoms with E-state index in [2.05, 4.69) is 33.1 Å². The second-order valence-electron chi connectivity index (χ2n) is 7.77. The molecule has 0 unspecified atom stereocenters. The summed E-state index contributed by atoms with van der Waals surface area (Å²) in [5.74, 6) is 1.64. The van der Waals surface area contributed by atoms with Crippen LogP contribution in [-0.2, 0) is 11.2 Å². The first kappa shape index (κ1) is 23.6. The smallest absolute Gasteiger partial charge is 0.407 e. The quantitative estimate of drug-likeness (QED) is 0.342. The summed E-state index contributed by atoms with van der Waals surface area (Å²) in [4.78, 5) is 15.8. The van der Waals surface area contributed by atoms with Crippen LogP contribution >= 0.6 is 0 Å². The zero-order valence-corrected chi connectivity index (χ0v) is 18.1. The second-order valence-corrected chi connectivity index (χ2v) is 7.77. The van der Waals surface area contributed by atoms with Crippen molar-refractivity contribution in [3.8, 4) is 5.75 Å². The van der Waals surface area contributed by atoms with Gasteiger partial charge in [-0.1, -0.05) is 12.1 Å². The van der Waals surface area contributed by atoms with Crippen molar-refractivity contribution >= 4 is 12.1 Å². The molecule has 0 fully saturated rings. The van der Waals surface area contributed by atoms with Gasteiger partial charge in [0.25, 0.3) is 0 Å². The zero-order valence-electron chi connectivity index (χ0n) is 18.1. The lowest BCUT2D eigenvalue weighted by atomic mass is 10.1. The lowest BCUT2D eigenvalue weighted by molar-refractivity contribution is 0.0527. The molecule has 7 nitrogen and oxygen atoms in total. The first-order chi connectivity index (χ1) is 13.2. The minimum Gasteiger partial charge on any atom is -0.491 e. The predicted molar refractivity (Wildman–Crippen MR) is 114 cm³/mol. The molecule has 1 rings (SSSR count). The maximum atomic E-state index is 11.6. The third-order valence-corrected chi connectivity index (χ3v) is 3.54. The third-order valence-electron chi connectivity index (χ3n) is 3.54. The van der Waals surface area contributed by atoms with E-state index in [4.69, 9.17) is 9.47 Å². The minimum absolute atomic E-state index is 0.182. The van der Waals surface area contributed by atoms with Crippen LogP contribution in [0.2, 0.25) is 0 Å². The highest BCUT2D eigenvalue weighted by Gasteiger charge is 2.15. The van der Waals surface area contributed by atoms with E-state index in [1.807, 2.05) is 46.8 Å². The molecule has 0 aliphatic carbocycles. The van der Waals surface area contributed by atoms with E-state index in [-0.39, 0.29) is 12.2 Å².